The van der Waals surface area contributed by atoms with Crippen LogP contribution in [0.15, 0.2) is 36.4 Å². The van der Waals surface area contributed by atoms with Crippen molar-refractivity contribution in [3.05, 3.63) is 58.9 Å². The number of benzene rings is 2. The van der Waals surface area contributed by atoms with Crippen LogP contribution < -0.4 is 9.47 Å². The summed E-state index contributed by atoms with van der Waals surface area (Å²) in [6.07, 6.45) is 0.428. The van der Waals surface area contributed by atoms with Gasteiger partial charge in [0, 0.05) is 5.92 Å². The monoisotopic (exact) mass is 450 g/mol. The molecule has 0 amide bonds. The van der Waals surface area contributed by atoms with Crippen molar-refractivity contribution in [3.63, 3.8) is 0 Å². The van der Waals surface area contributed by atoms with Gasteiger partial charge in [0.05, 0.1) is 30.4 Å². The molecule has 2 aromatic carbocycles. The molecule has 8 heteroatoms. The van der Waals surface area contributed by atoms with Gasteiger partial charge in [-0.25, -0.2) is 18.0 Å². The average molecular weight is 450 g/mol. The number of hydrogen-bond donors (Lipinski definition) is 0. The molecule has 32 heavy (non-hydrogen) atoms. The maximum absolute atomic E-state index is 14.7. The second-order valence-corrected chi connectivity index (χ2v) is 7.60. The Morgan fingerprint density at radius 3 is 2.53 bits per heavy atom. The number of carbonyl (C=O) groups is 2. The molecule has 0 aliphatic carbocycles. The lowest BCUT2D eigenvalue weighted by Crippen LogP contribution is -2.21. The van der Waals surface area contributed by atoms with E-state index in [0.717, 1.165) is 36.8 Å². The smallest absolute Gasteiger partial charge is 0.346 e. The highest BCUT2D eigenvalue weighted by Gasteiger charge is 2.27. The van der Waals surface area contributed by atoms with E-state index >= 15 is 0 Å². The first-order valence-corrected chi connectivity index (χ1v) is 10.6. The van der Waals surface area contributed by atoms with Gasteiger partial charge in [0.1, 0.15) is 23.6 Å². The van der Waals surface area contributed by atoms with Gasteiger partial charge in [-0.05, 0) is 49.1 Å². The van der Waals surface area contributed by atoms with E-state index < -0.39 is 29.3 Å². The van der Waals surface area contributed by atoms with Crippen LogP contribution in [0.2, 0.25) is 0 Å². The van der Waals surface area contributed by atoms with Crippen molar-refractivity contribution in [2.75, 3.05) is 13.2 Å². The lowest BCUT2D eigenvalue weighted by Gasteiger charge is -2.26. The van der Waals surface area contributed by atoms with Crippen molar-refractivity contribution in [1.82, 2.24) is 0 Å². The van der Waals surface area contributed by atoms with Crippen LogP contribution in [0, 0.1) is 11.7 Å². The summed E-state index contributed by atoms with van der Waals surface area (Å²) in [6, 6.07) is 8.71. The predicted octanol–water partition coefficient (Wildman–Crippen LogP) is 5.83. The van der Waals surface area contributed by atoms with Crippen LogP contribution in [0.1, 0.15) is 66.6 Å². The molecule has 5 nitrogen and oxygen atoms in total. The highest BCUT2D eigenvalue weighted by Crippen LogP contribution is 2.34. The summed E-state index contributed by atoms with van der Waals surface area (Å²) in [4.78, 5) is 23.3. The van der Waals surface area contributed by atoms with Crippen molar-refractivity contribution in [2.24, 2.45) is 5.92 Å². The number of ether oxygens (including phenoxy) is 3. The molecule has 0 bridgehead atoms. The second kappa shape index (κ2) is 11.1. The van der Waals surface area contributed by atoms with Crippen LogP contribution in [0.25, 0.3) is 0 Å². The van der Waals surface area contributed by atoms with E-state index in [1.165, 1.54) is 12.1 Å². The number of carbonyl (C=O) groups excluding carboxylic acids is 2. The molecule has 0 aromatic heterocycles. The number of halogens is 3. The summed E-state index contributed by atoms with van der Waals surface area (Å²) in [5.74, 6) is -2.67. The Balaban J connectivity index is 1.70. The third-order valence-corrected chi connectivity index (χ3v) is 5.30. The Labute approximate surface area is 184 Å². The number of alkyl halides is 2. The molecular weight excluding hydrogens is 425 g/mol. The van der Waals surface area contributed by atoms with E-state index in [9.17, 15) is 22.8 Å². The molecule has 1 aliphatic rings. The Kier molecular flexibility index (Phi) is 8.27. The van der Waals surface area contributed by atoms with E-state index in [2.05, 4.69) is 0 Å². The molecule has 0 saturated carbocycles. The summed E-state index contributed by atoms with van der Waals surface area (Å²) >= 11 is 0. The highest BCUT2D eigenvalue weighted by atomic mass is 19.3. The lowest BCUT2D eigenvalue weighted by molar-refractivity contribution is -0.117. The maximum Gasteiger partial charge on any atom is 0.346 e. The fraction of sp³-hybridized carbons (Fsp3) is 0.417. The fourth-order valence-corrected chi connectivity index (χ4v) is 3.44. The van der Waals surface area contributed by atoms with Gasteiger partial charge >= 0.3 is 5.97 Å². The van der Waals surface area contributed by atoms with E-state index in [0.29, 0.717) is 19.4 Å². The number of unbranched alkanes of at least 4 members (excludes halogenated alkanes) is 1. The minimum Gasteiger partial charge on any atom is -0.493 e. The highest BCUT2D eigenvalue weighted by molar-refractivity contribution is 5.92. The number of aldehydes is 1. The van der Waals surface area contributed by atoms with E-state index in [-0.39, 0.29) is 30.1 Å². The van der Waals surface area contributed by atoms with Crippen LogP contribution >= 0.6 is 0 Å². The summed E-state index contributed by atoms with van der Waals surface area (Å²) in [6.45, 7) is 2.44. The molecule has 172 valence electrons. The van der Waals surface area contributed by atoms with Gasteiger partial charge in [0.2, 0.25) is 0 Å². The average Bonchev–Trinajstić information content (AvgIpc) is 2.79. The predicted molar refractivity (Wildman–Crippen MR) is 111 cm³/mol. The topological polar surface area (TPSA) is 61.8 Å². The van der Waals surface area contributed by atoms with Crippen molar-refractivity contribution in [1.29, 1.82) is 0 Å². The molecule has 1 saturated heterocycles. The zero-order valence-electron chi connectivity index (χ0n) is 17.7. The van der Waals surface area contributed by atoms with Gasteiger partial charge in [0.25, 0.3) is 6.43 Å². The lowest BCUT2D eigenvalue weighted by atomic mass is 9.96. The van der Waals surface area contributed by atoms with Crippen LogP contribution in [0.3, 0.4) is 0 Å². The molecule has 2 aromatic rings. The molecule has 0 N–H and O–H groups in total. The summed E-state index contributed by atoms with van der Waals surface area (Å²) < 4.78 is 57.7. The molecule has 0 radical (unpaired) electrons. The first kappa shape index (κ1) is 23.8. The summed E-state index contributed by atoms with van der Waals surface area (Å²) in [7, 11) is 0. The third-order valence-electron chi connectivity index (χ3n) is 5.30. The maximum atomic E-state index is 14.7. The normalized spacial score (nSPS) is 18.4. The SMILES string of the molecule is CCCCOc1ccc(C(=O)Oc2ccc(C3CCC(C=O)CO3)cc2)c(F)c1C(F)F. The molecule has 1 aliphatic heterocycles. The van der Waals surface area contributed by atoms with Gasteiger partial charge in [-0.3, -0.25) is 0 Å². The largest absolute Gasteiger partial charge is 0.493 e. The molecule has 2 unspecified atom stereocenters. The third kappa shape index (κ3) is 5.68. The fourth-order valence-electron chi connectivity index (χ4n) is 3.44. The second-order valence-electron chi connectivity index (χ2n) is 7.60. The van der Waals surface area contributed by atoms with E-state index in [1.807, 2.05) is 6.92 Å². The summed E-state index contributed by atoms with van der Waals surface area (Å²) in [5, 5.41) is 0. The van der Waals surface area contributed by atoms with Gasteiger partial charge < -0.3 is 19.0 Å². The molecule has 3 rings (SSSR count). The van der Waals surface area contributed by atoms with E-state index in [4.69, 9.17) is 14.2 Å². The molecular formula is C24H25F3O5. The zero-order valence-corrected chi connectivity index (χ0v) is 17.7. The van der Waals surface area contributed by atoms with Crippen LogP contribution in [0.5, 0.6) is 11.5 Å². The molecule has 0 spiro atoms. The Bertz CT molecular complexity index is 922. The van der Waals surface area contributed by atoms with Crippen molar-refractivity contribution >= 4 is 12.3 Å². The van der Waals surface area contributed by atoms with Crippen LogP contribution in [-0.4, -0.2) is 25.5 Å². The van der Waals surface area contributed by atoms with Gasteiger partial charge in [-0.2, -0.15) is 0 Å². The quantitative estimate of drug-likeness (QED) is 0.208. The molecule has 1 fully saturated rings. The first-order chi connectivity index (χ1) is 15.4. The molecule has 2 atom stereocenters. The van der Waals surface area contributed by atoms with Crippen molar-refractivity contribution in [3.8, 4) is 11.5 Å². The van der Waals surface area contributed by atoms with Crippen LogP contribution in [0.4, 0.5) is 13.2 Å². The van der Waals surface area contributed by atoms with Gasteiger partial charge in [-0.1, -0.05) is 25.5 Å². The zero-order chi connectivity index (χ0) is 23.1. The number of hydrogen-bond acceptors (Lipinski definition) is 5. The van der Waals surface area contributed by atoms with Gasteiger partial charge in [0.15, 0.2) is 0 Å². The first-order valence-electron chi connectivity index (χ1n) is 10.6. The summed E-state index contributed by atoms with van der Waals surface area (Å²) in [5.41, 5.74) is -0.689. The standard InChI is InChI=1S/C24H25F3O5/c1-2-3-12-30-20-11-9-18(22(25)21(20)23(26)27)24(29)32-17-7-5-16(6-8-17)19-10-4-15(13-28)14-31-19/h5-9,11,13,15,19,23H,2-4,10,12,14H2,1H3. The Morgan fingerprint density at radius 2 is 1.94 bits per heavy atom. The van der Waals surface area contributed by atoms with Crippen molar-refractivity contribution in [2.45, 2.75) is 45.1 Å². The van der Waals surface area contributed by atoms with Gasteiger partial charge in [-0.15, -0.1) is 0 Å². The Hall–Kier alpha value is -2.87. The van der Waals surface area contributed by atoms with Crippen molar-refractivity contribution < 1.29 is 37.0 Å². The van der Waals surface area contributed by atoms with E-state index in [1.54, 1.807) is 12.1 Å². The minimum absolute atomic E-state index is 0.0945. The number of rotatable bonds is 9. The number of esters is 1. The Morgan fingerprint density at radius 1 is 1.19 bits per heavy atom. The minimum atomic E-state index is -3.15. The van der Waals surface area contributed by atoms with Crippen LogP contribution in [-0.2, 0) is 9.53 Å². The molecule has 1 heterocycles.